The lowest BCUT2D eigenvalue weighted by Crippen LogP contribution is -2.63. The Balaban J connectivity index is 2.33. The number of carboxylic acid groups (broad SMARTS) is 1. The number of likely N-dealkylation sites (N-methyl/N-ethyl adjacent to an activating group) is 1. The van der Waals surface area contributed by atoms with E-state index in [1.54, 1.807) is 4.90 Å². The molecule has 1 fully saturated rings. The Morgan fingerprint density at radius 2 is 2.55 bits per heavy atom. The molecule has 0 radical (unpaired) electrons. The van der Waals surface area contributed by atoms with Crippen LogP contribution in [-0.2, 0) is 4.79 Å². The minimum Gasteiger partial charge on any atom is -0.465 e. The van der Waals surface area contributed by atoms with Crippen molar-refractivity contribution >= 4 is 12.0 Å². The molecule has 1 rings (SSSR count). The zero-order valence-corrected chi connectivity index (χ0v) is 6.20. The average molecular weight is 158 g/mol. The van der Waals surface area contributed by atoms with Crippen LogP contribution in [-0.4, -0.2) is 41.1 Å². The summed E-state index contributed by atoms with van der Waals surface area (Å²) in [6.45, 7) is 3.01. The van der Waals surface area contributed by atoms with E-state index in [1.165, 1.54) is 0 Å². The third-order valence-corrected chi connectivity index (χ3v) is 1.69. The van der Waals surface area contributed by atoms with E-state index in [9.17, 15) is 9.59 Å². The molecular weight excluding hydrogens is 148 g/mol. The maximum Gasteiger partial charge on any atom is 0.405 e. The lowest BCUT2D eigenvalue weighted by molar-refractivity contribution is -0.143. The molecular formula is C6H10N2O3. The normalized spacial score (nSPS) is 22.8. The van der Waals surface area contributed by atoms with Crippen molar-refractivity contribution in [1.82, 2.24) is 10.2 Å². The van der Waals surface area contributed by atoms with Crippen molar-refractivity contribution in [3.63, 3.8) is 0 Å². The first-order chi connectivity index (χ1) is 5.15. The minimum atomic E-state index is -1.14. The van der Waals surface area contributed by atoms with Crippen LogP contribution in [0.25, 0.3) is 0 Å². The van der Waals surface area contributed by atoms with E-state index in [2.05, 4.69) is 5.32 Å². The molecule has 0 aliphatic carbocycles. The average Bonchev–Trinajstić information content (AvgIpc) is 1.96. The SMILES string of the molecule is CCN1C[C@H](NC(=O)O)C1=O. The van der Waals surface area contributed by atoms with E-state index in [1.807, 2.05) is 6.92 Å². The lowest BCUT2D eigenvalue weighted by Gasteiger charge is -2.37. The number of rotatable bonds is 2. The molecule has 11 heavy (non-hydrogen) atoms. The van der Waals surface area contributed by atoms with Crippen molar-refractivity contribution in [2.75, 3.05) is 13.1 Å². The van der Waals surface area contributed by atoms with Gasteiger partial charge in [-0.15, -0.1) is 0 Å². The summed E-state index contributed by atoms with van der Waals surface area (Å²) in [5, 5.41) is 10.4. The third kappa shape index (κ3) is 1.42. The number of nitrogens with one attached hydrogen (secondary N) is 1. The van der Waals surface area contributed by atoms with Crippen molar-refractivity contribution in [3.8, 4) is 0 Å². The molecule has 62 valence electrons. The molecule has 5 nitrogen and oxygen atoms in total. The second kappa shape index (κ2) is 2.77. The van der Waals surface area contributed by atoms with Crippen molar-refractivity contribution in [2.45, 2.75) is 13.0 Å². The van der Waals surface area contributed by atoms with E-state index in [4.69, 9.17) is 5.11 Å². The van der Waals surface area contributed by atoms with Crippen molar-refractivity contribution in [1.29, 1.82) is 0 Å². The van der Waals surface area contributed by atoms with Crippen LogP contribution in [0, 0.1) is 0 Å². The summed E-state index contributed by atoms with van der Waals surface area (Å²) in [6, 6.07) is -0.507. The van der Waals surface area contributed by atoms with Crippen LogP contribution in [0.1, 0.15) is 6.92 Å². The molecule has 0 aromatic carbocycles. The molecule has 1 aliphatic heterocycles. The minimum absolute atomic E-state index is 0.130. The van der Waals surface area contributed by atoms with Crippen molar-refractivity contribution in [3.05, 3.63) is 0 Å². The van der Waals surface area contributed by atoms with E-state index >= 15 is 0 Å². The fraction of sp³-hybridized carbons (Fsp3) is 0.667. The first kappa shape index (κ1) is 7.84. The fourth-order valence-electron chi connectivity index (χ4n) is 1.04. The molecule has 0 bridgehead atoms. The number of nitrogens with zero attached hydrogens (tertiary/aromatic N) is 1. The highest BCUT2D eigenvalue weighted by atomic mass is 16.4. The molecule has 1 saturated heterocycles. The summed E-state index contributed by atoms with van der Waals surface area (Å²) >= 11 is 0. The van der Waals surface area contributed by atoms with Gasteiger partial charge in [-0.1, -0.05) is 0 Å². The van der Waals surface area contributed by atoms with Gasteiger partial charge in [-0.25, -0.2) is 4.79 Å². The largest absolute Gasteiger partial charge is 0.465 e. The summed E-state index contributed by atoms with van der Waals surface area (Å²) in [5.41, 5.74) is 0. The molecule has 2 N–H and O–H groups in total. The van der Waals surface area contributed by atoms with Gasteiger partial charge in [0.15, 0.2) is 0 Å². The van der Waals surface area contributed by atoms with Crippen LogP contribution in [0.3, 0.4) is 0 Å². The Morgan fingerprint density at radius 3 is 2.91 bits per heavy atom. The number of β-lactam (4-membered cyclic amide) rings is 1. The Labute approximate surface area is 64.0 Å². The van der Waals surface area contributed by atoms with Crippen LogP contribution in [0.4, 0.5) is 4.79 Å². The van der Waals surface area contributed by atoms with Gasteiger partial charge in [-0.3, -0.25) is 4.79 Å². The van der Waals surface area contributed by atoms with Gasteiger partial charge in [0.05, 0.1) is 6.54 Å². The van der Waals surface area contributed by atoms with Crippen molar-refractivity contribution < 1.29 is 14.7 Å². The number of amides is 2. The van der Waals surface area contributed by atoms with Gasteiger partial charge in [-0.2, -0.15) is 0 Å². The van der Waals surface area contributed by atoms with Crippen LogP contribution in [0.2, 0.25) is 0 Å². The molecule has 1 atom stereocenters. The highest BCUT2D eigenvalue weighted by Crippen LogP contribution is 2.08. The highest BCUT2D eigenvalue weighted by Gasteiger charge is 2.36. The standard InChI is InChI=1S/C6H10N2O3/c1-2-8-3-4(5(8)9)7-6(10)11/h4,7H,2-3H2,1H3,(H,10,11)/t4-/m0/s1. The van der Waals surface area contributed by atoms with Gasteiger partial charge in [0.25, 0.3) is 0 Å². The van der Waals surface area contributed by atoms with Crippen LogP contribution < -0.4 is 5.32 Å². The van der Waals surface area contributed by atoms with E-state index < -0.39 is 12.1 Å². The summed E-state index contributed by atoms with van der Waals surface area (Å²) in [6.07, 6.45) is -1.14. The third-order valence-electron chi connectivity index (χ3n) is 1.69. The number of hydrogen-bond acceptors (Lipinski definition) is 2. The van der Waals surface area contributed by atoms with Gasteiger partial charge in [0, 0.05) is 6.54 Å². The Bertz CT molecular complexity index is 192. The lowest BCUT2D eigenvalue weighted by atomic mass is 10.1. The molecule has 0 aromatic heterocycles. The van der Waals surface area contributed by atoms with Gasteiger partial charge in [0.2, 0.25) is 5.91 Å². The van der Waals surface area contributed by atoms with Crippen LogP contribution in [0.15, 0.2) is 0 Å². The smallest absolute Gasteiger partial charge is 0.405 e. The summed E-state index contributed by atoms with van der Waals surface area (Å²) in [7, 11) is 0. The first-order valence-electron chi connectivity index (χ1n) is 3.43. The van der Waals surface area contributed by atoms with Crippen LogP contribution >= 0.6 is 0 Å². The first-order valence-corrected chi connectivity index (χ1v) is 3.43. The monoisotopic (exact) mass is 158 g/mol. The number of likely N-dealkylation sites (tertiary alicyclic amines) is 1. The zero-order chi connectivity index (χ0) is 8.43. The Hall–Kier alpha value is -1.26. The second-order valence-electron chi connectivity index (χ2n) is 2.38. The van der Waals surface area contributed by atoms with E-state index in [-0.39, 0.29) is 5.91 Å². The quantitative estimate of drug-likeness (QED) is 0.531. The summed E-state index contributed by atoms with van der Waals surface area (Å²) in [4.78, 5) is 22.6. The molecule has 1 heterocycles. The van der Waals surface area contributed by atoms with Crippen molar-refractivity contribution in [2.24, 2.45) is 0 Å². The second-order valence-corrected chi connectivity index (χ2v) is 2.38. The number of hydrogen-bond donors (Lipinski definition) is 2. The zero-order valence-electron chi connectivity index (χ0n) is 6.20. The summed E-state index contributed by atoms with van der Waals surface area (Å²) < 4.78 is 0. The molecule has 2 amide bonds. The molecule has 5 heteroatoms. The Kier molecular flexibility index (Phi) is 1.98. The fourth-order valence-corrected chi connectivity index (χ4v) is 1.04. The van der Waals surface area contributed by atoms with Gasteiger partial charge in [-0.05, 0) is 6.92 Å². The van der Waals surface area contributed by atoms with E-state index in [0.29, 0.717) is 13.1 Å². The summed E-state index contributed by atoms with van der Waals surface area (Å²) in [5.74, 6) is -0.130. The highest BCUT2D eigenvalue weighted by molar-refractivity contribution is 5.90. The van der Waals surface area contributed by atoms with Gasteiger partial charge >= 0.3 is 6.09 Å². The number of carbonyl (C=O) groups excluding carboxylic acids is 1. The van der Waals surface area contributed by atoms with Gasteiger partial charge in [0.1, 0.15) is 6.04 Å². The predicted octanol–water partition coefficient (Wildman–Crippen LogP) is -0.515. The molecule has 0 saturated carbocycles. The molecule has 0 unspecified atom stereocenters. The Morgan fingerprint density at radius 1 is 1.91 bits per heavy atom. The number of carbonyl (C=O) groups is 2. The maximum absolute atomic E-state index is 10.9. The van der Waals surface area contributed by atoms with Gasteiger partial charge < -0.3 is 15.3 Å². The molecule has 0 spiro atoms. The van der Waals surface area contributed by atoms with E-state index in [0.717, 1.165) is 0 Å². The molecule has 0 aromatic rings. The maximum atomic E-state index is 10.9. The predicted molar refractivity (Wildman–Crippen MR) is 37.2 cm³/mol. The molecule has 1 aliphatic rings. The topological polar surface area (TPSA) is 69.6 Å². The van der Waals surface area contributed by atoms with Crippen LogP contribution in [0.5, 0.6) is 0 Å².